The summed E-state index contributed by atoms with van der Waals surface area (Å²) in [7, 11) is 0. The Morgan fingerprint density at radius 3 is 2.40 bits per heavy atom. The number of carbonyl (C=O) groups excluding carboxylic acids is 1. The lowest BCUT2D eigenvalue weighted by Gasteiger charge is -2.39. The normalized spacial score (nSPS) is 21.3. The number of phenolic OH excluding ortho intramolecular Hbond substituents is 1. The minimum absolute atomic E-state index is 0.152. The Kier molecular flexibility index (Phi) is 3.68. The second kappa shape index (κ2) is 5.47. The molecule has 1 aromatic carbocycles. The zero-order chi connectivity index (χ0) is 14.0. The first-order valence-electron chi connectivity index (χ1n) is 7.73. The largest absolute Gasteiger partial charge is 0.508 e. The molecule has 3 heteroatoms. The van der Waals surface area contributed by atoms with Crippen LogP contribution in [0.3, 0.4) is 0 Å². The van der Waals surface area contributed by atoms with Crippen LogP contribution in [0.25, 0.3) is 0 Å². The van der Waals surface area contributed by atoms with Crippen LogP contribution in [0.15, 0.2) is 24.3 Å². The van der Waals surface area contributed by atoms with E-state index >= 15 is 0 Å². The van der Waals surface area contributed by atoms with Crippen molar-refractivity contribution >= 4 is 5.91 Å². The highest BCUT2D eigenvalue weighted by atomic mass is 16.3. The number of likely N-dealkylation sites (tertiary alicyclic amines) is 1. The predicted octanol–water partition coefficient (Wildman–Crippen LogP) is 3.12. The van der Waals surface area contributed by atoms with Crippen molar-refractivity contribution < 1.29 is 9.90 Å². The lowest BCUT2D eigenvalue weighted by Crippen LogP contribution is -2.42. The summed E-state index contributed by atoms with van der Waals surface area (Å²) >= 11 is 0. The van der Waals surface area contributed by atoms with Crippen molar-refractivity contribution in [1.29, 1.82) is 0 Å². The molecule has 1 heterocycles. The second-order valence-electron chi connectivity index (χ2n) is 6.39. The topological polar surface area (TPSA) is 40.5 Å². The van der Waals surface area contributed by atoms with Gasteiger partial charge in [0.15, 0.2) is 0 Å². The molecule has 1 aliphatic heterocycles. The first-order valence-corrected chi connectivity index (χ1v) is 7.73. The number of phenols is 1. The van der Waals surface area contributed by atoms with Gasteiger partial charge in [-0.1, -0.05) is 31.0 Å². The Hall–Kier alpha value is -1.51. The van der Waals surface area contributed by atoms with Gasteiger partial charge in [-0.3, -0.25) is 4.79 Å². The summed E-state index contributed by atoms with van der Waals surface area (Å²) in [5.41, 5.74) is 1.28. The molecule has 1 amide bonds. The molecule has 0 bridgehead atoms. The zero-order valence-corrected chi connectivity index (χ0v) is 12.0. The lowest BCUT2D eigenvalue weighted by molar-refractivity contribution is -0.132. The van der Waals surface area contributed by atoms with E-state index in [-0.39, 0.29) is 11.7 Å². The number of nitrogens with zero attached hydrogens (tertiary/aromatic N) is 1. The van der Waals surface area contributed by atoms with E-state index in [0.29, 0.717) is 11.8 Å². The van der Waals surface area contributed by atoms with Crippen molar-refractivity contribution in [2.75, 3.05) is 13.1 Å². The van der Waals surface area contributed by atoms with Crippen molar-refractivity contribution in [3.8, 4) is 5.75 Å². The molecular weight excluding hydrogens is 250 g/mol. The van der Waals surface area contributed by atoms with Gasteiger partial charge in [0.25, 0.3) is 0 Å². The summed E-state index contributed by atoms with van der Waals surface area (Å²) in [6.07, 6.45) is 8.10. The van der Waals surface area contributed by atoms with E-state index in [1.807, 2.05) is 17.0 Å². The molecule has 0 unspecified atom stereocenters. The second-order valence-corrected chi connectivity index (χ2v) is 6.39. The number of benzene rings is 1. The van der Waals surface area contributed by atoms with Crippen molar-refractivity contribution in [3.63, 3.8) is 0 Å². The molecule has 0 atom stereocenters. The standard InChI is InChI=1S/C17H23NO2/c19-15-6-2-1-5-14(15)13-16(20)18-11-9-17(10-12-18)7-3-4-8-17/h1-2,5-6,19H,3-4,7-13H2. The molecule has 2 fully saturated rings. The van der Waals surface area contributed by atoms with Gasteiger partial charge in [0.1, 0.15) is 5.75 Å². The fraction of sp³-hybridized carbons (Fsp3) is 0.588. The molecule has 108 valence electrons. The molecule has 3 nitrogen and oxygen atoms in total. The van der Waals surface area contributed by atoms with E-state index in [2.05, 4.69) is 0 Å². The molecule has 1 N–H and O–H groups in total. The maximum absolute atomic E-state index is 12.3. The highest BCUT2D eigenvalue weighted by molar-refractivity contribution is 5.79. The minimum atomic E-state index is 0.152. The Bertz CT molecular complexity index is 482. The molecule has 1 saturated heterocycles. The summed E-state index contributed by atoms with van der Waals surface area (Å²) in [6.45, 7) is 1.79. The number of amides is 1. The van der Waals surface area contributed by atoms with E-state index in [9.17, 15) is 9.90 Å². The van der Waals surface area contributed by atoms with Crippen LogP contribution in [-0.2, 0) is 11.2 Å². The van der Waals surface area contributed by atoms with Crippen molar-refractivity contribution in [3.05, 3.63) is 29.8 Å². The number of aromatic hydroxyl groups is 1. The van der Waals surface area contributed by atoms with Crippen LogP contribution in [-0.4, -0.2) is 29.0 Å². The molecule has 0 radical (unpaired) electrons. The maximum atomic E-state index is 12.3. The fourth-order valence-electron chi connectivity index (χ4n) is 3.79. The summed E-state index contributed by atoms with van der Waals surface area (Å²) < 4.78 is 0. The van der Waals surface area contributed by atoms with Gasteiger partial charge in [0.05, 0.1) is 6.42 Å². The highest BCUT2D eigenvalue weighted by Gasteiger charge is 2.37. The molecule has 1 spiro atoms. The van der Waals surface area contributed by atoms with E-state index in [1.165, 1.54) is 38.5 Å². The SMILES string of the molecule is O=C(Cc1ccccc1O)N1CCC2(CCCC2)CC1. The van der Waals surface area contributed by atoms with Crippen molar-refractivity contribution in [1.82, 2.24) is 4.90 Å². The third-order valence-electron chi connectivity index (χ3n) is 5.17. The van der Waals surface area contributed by atoms with Crippen LogP contribution in [0.1, 0.15) is 44.1 Å². The number of rotatable bonds is 2. The van der Waals surface area contributed by atoms with Gasteiger partial charge in [-0.25, -0.2) is 0 Å². The van der Waals surface area contributed by atoms with Crippen molar-refractivity contribution in [2.45, 2.75) is 44.9 Å². The van der Waals surface area contributed by atoms with E-state index in [4.69, 9.17) is 0 Å². The van der Waals surface area contributed by atoms with Gasteiger partial charge in [0, 0.05) is 18.7 Å². The summed E-state index contributed by atoms with van der Waals surface area (Å²) in [5.74, 6) is 0.379. The summed E-state index contributed by atoms with van der Waals surface area (Å²) in [4.78, 5) is 14.3. The number of carbonyl (C=O) groups is 1. The average molecular weight is 273 g/mol. The van der Waals surface area contributed by atoms with Crippen LogP contribution in [0.4, 0.5) is 0 Å². The Balaban J connectivity index is 1.58. The quantitative estimate of drug-likeness (QED) is 0.899. The summed E-state index contributed by atoms with van der Waals surface area (Å²) in [5, 5.41) is 9.75. The third kappa shape index (κ3) is 2.67. The van der Waals surface area contributed by atoms with Crippen LogP contribution < -0.4 is 0 Å². The first kappa shape index (κ1) is 13.5. The first-order chi connectivity index (χ1) is 9.69. The third-order valence-corrected chi connectivity index (χ3v) is 5.17. The Morgan fingerprint density at radius 1 is 1.10 bits per heavy atom. The van der Waals surface area contributed by atoms with Gasteiger partial charge in [-0.05, 0) is 37.2 Å². The Labute approximate surface area is 120 Å². The number of piperidine rings is 1. The average Bonchev–Trinajstić information content (AvgIpc) is 2.90. The zero-order valence-electron chi connectivity index (χ0n) is 12.0. The molecule has 0 aromatic heterocycles. The van der Waals surface area contributed by atoms with Crippen LogP contribution in [0.5, 0.6) is 5.75 Å². The van der Waals surface area contributed by atoms with Gasteiger partial charge in [-0.15, -0.1) is 0 Å². The Morgan fingerprint density at radius 2 is 1.75 bits per heavy atom. The molecule has 1 aromatic rings. The maximum Gasteiger partial charge on any atom is 0.227 e. The fourth-order valence-corrected chi connectivity index (χ4v) is 3.79. The van der Waals surface area contributed by atoms with Gasteiger partial charge >= 0.3 is 0 Å². The van der Waals surface area contributed by atoms with E-state index < -0.39 is 0 Å². The predicted molar refractivity (Wildman–Crippen MR) is 78.5 cm³/mol. The minimum Gasteiger partial charge on any atom is -0.508 e. The highest BCUT2D eigenvalue weighted by Crippen LogP contribution is 2.46. The smallest absolute Gasteiger partial charge is 0.227 e. The molecule has 1 saturated carbocycles. The van der Waals surface area contributed by atoms with Crippen molar-refractivity contribution in [2.24, 2.45) is 5.41 Å². The van der Waals surface area contributed by atoms with Gasteiger partial charge in [0.2, 0.25) is 5.91 Å². The monoisotopic (exact) mass is 273 g/mol. The molecule has 20 heavy (non-hydrogen) atoms. The molecule has 1 aliphatic carbocycles. The number of para-hydroxylation sites is 1. The van der Waals surface area contributed by atoms with Gasteiger partial charge in [-0.2, -0.15) is 0 Å². The van der Waals surface area contributed by atoms with Crippen LogP contribution in [0.2, 0.25) is 0 Å². The van der Waals surface area contributed by atoms with Gasteiger partial charge < -0.3 is 10.0 Å². The lowest BCUT2D eigenvalue weighted by atomic mass is 9.77. The molecule has 3 rings (SSSR count). The molecule has 2 aliphatic rings. The van der Waals surface area contributed by atoms with E-state index in [0.717, 1.165) is 18.7 Å². The number of hydrogen-bond donors (Lipinski definition) is 1. The van der Waals surface area contributed by atoms with Crippen LogP contribution in [0, 0.1) is 5.41 Å². The number of hydrogen-bond acceptors (Lipinski definition) is 2. The van der Waals surface area contributed by atoms with Crippen LogP contribution >= 0.6 is 0 Å². The summed E-state index contributed by atoms with van der Waals surface area (Å²) in [6, 6.07) is 7.13. The molecular formula is C17H23NO2. The van der Waals surface area contributed by atoms with E-state index in [1.54, 1.807) is 12.1 Å².